The number of thiophene rings is 1. The molecule has 0 radical (unpaired) electrons. The molecule has 29 heavy (non-hydrogen) atoms. The van der Waals surface area contributed by atoms with E-state index in [4.69, 9.17) is 0 Å². The first-order chi connectivity index (χ1) is 13.9. The number of rotatable bonds is 6. The van der Waals surface area contributed by atoms with Crippen molar-refractivity contribution < 1.29 is 14.4 Å². The van der Waals surface area contributed by atoms with E-state index in [2.05, 4.69) is 10.6 Å². The molecule has 0 spiro atoms. The van der Waals surface area contributed by atoms with Gasteiger partial charge in [0.25, 0.3) is 5.91 Å². The Bertz CT molecular complexity index is 854. The molecule has 8 heteroatoms. The van der Waals surface area contributed by atoms with Crippen molar-refractivity contribution in [1.29, 1.82) is 0 Å². The van der Waals surface area contributed by atoms with Crippen molar-refractivity contribution in [3.05, 3.63) is 51.7 Å². The predicted octanol–water partition coefficient (Wildman–Crippen LogP) is 1.88. The number of hydrogen-bond acceptors (Lipinski definition) is 5. The van der Waals surface area contributed by atoms with E-state index < -0.39 is 0 Å². The van der Waals surface area contributed by atoms with Crippen LogP contribution in [0.2, 0.25) is 0 Å². The van der Waals surface area contributed by atoms with E-state index >= 15 is 0 Å². The van der Waals surface area contributed by atoms with Gasteiger partial charge in [0.1, 0.15) is 0 Å². The van der Waals surface area contributed by atoms with E-state index in [1.54, 1.807) is 17.0 Å². The summed E-state index contributed by atoms with van der Waals surface area (Å²) in [5.74, 6) is -0.380. The maximum Gasteiger partial charge on any atom is 0.261 e. The van der Waals surface area contributed by atoms with Gasteiger partial charge < -0.3 is 15.5 Å². The van der Waals surface area contributed by atoms with Gasteiger partial charge in [0, 0.05) is 31.9 Å². The van der Waals surface area contributed by atoms with E-state index in [0.717, 1.165) is 16.8 Å². The van der Waals surface area contributed by atoms with Crippen molar-refractivity contribution >= 4 is 34.7 Å². The van der Waals surface area contributed by atoms with Gasteiger partial charge in [0.2, 0.25) is 11.8 Å². The second-order valence-corrected chi connectivity index (χ2v) is 8.08. The lowest BCUT2D eigenvalue weighted by Crippen LogP contribution is -2.52. The molecule has 1 saturated heterocycles. The molecule has 0 bridgehead atoms. The van der Waals surface area contributed by atoms with Crippen molar-refractivity contribution in [2.24, 2.45) is 0 Å². The highest BCUT2D eigenvalue weighted by atomic mass is 32.1. The molecule has 1 fully saturated rings. The first-order valence-electron chi connectivity index (χ1n) is 9.62. The van der Waals surface area contributed by atoms with Crippen LogP contribution in [-0.2, 0) is 9.59 Å². The van der Waals surface area contributed by atoms with Gasteiger partial charge in [-0.3, -0.25) is 19.3 Å². The van der Waals surface area contributed by atoms with Crippen LogP contribution in [-0.4, -0.2) is 66.8 Å². The second kappa shape index (κ2) is 9.67. The molecule has 0 saturated carbocycles. The fourth-order valence-electron chi connectivity index (χ4n) is 3.31. The standard InChI is InChI=1S/C21H26N4O3S/c1-15-5-3-6-16(2)20(15)23-18(26)14-24-8-10-25(11-9-24)19(27)13-22-21(28)17-7-4-12-29-17/h3-7,12H,8-11,13-14H2,1-2H3,(H,22,28)(H,23,26). The van der Waals surface area contributed by atoms with Crippen LogP contribution in [0.1, 0.15) is 20.8 Å². The fourth-order valence-corrected chi connectivity index (χ4v) is 3.95. The number of nitrogens with zero attached hydrogens (tertiary/aromatic N) is 2. The van der Waals surface area contributed by atoms with Crippen LogP contribution in [0.5, 0.6) is 0 Å². The van der Waals surface area contributed by atoms with Crippen LogP contribution in [0.3, 0.4) is 0 Å². The maximum absolute atomic E-state index is 12.4. The summed E-state index contributed by atoms with van der Waals surface area (Å²) < 4.78 is 0. The van der Waals surface area contributed by atoms with Crippen molar-refractivity contribution in [3.8, 4) is 0 Å². The molecule has 3 amide bonds. The van der Waals surface area contributed by atoms with Crippen molar-refractivity contribution in [3.63, 3.8) is 0 Å². The zero-order valence-electron chi connectivity index (χ0n) is 16.7. The summed E-state index contributed by atoms with van der Waals surface area (Å²) in [6.07, 6.45) is 0. The topological polar surface area (TPSA) is 81.8 Å². The molecule has 2 aromatic rings. The van der Waals surface area contributed by atoms with Crippen molar-refractivity contribution in [1.82, 2.24) is 15.1 Å². The van der Waals surface area contributed by atoms with Gasteiger partial charge >= 0.3 is 0 Å². The summed E-state index contributed by atoms with van der Waals surface area (Å²) in [6, 6.07) is 9.46. The Labute approximate surface area is 174 Å². The molecule has 1 aliphatic rings. The molecule has 0 unspecified atom stereocenters. The monoisotopic (exact) mass is 414 g/mol. The fraction of sp³-hybridized carbons (Fsp3) is 0.381. The van der Waals surface area contributed by atoms with E-state index in [1.807, 2.05) is 42.3 Å². The van der Waals surface area contributed by atoms with Crippen LogP contribution in [0, 0.1) is 13.8 Å². The Kier molecular flexibility index (Phi) is 7.00. The van der Waals surface area contributed by atoms with Crippen LogP contribution in [0.25, 0.3) is 0 Å². The molecule has 7 nitrogen and oxygen atoms in total. The van der Waals surface area contributed by atoms with Gasteiger partial charge in [-0.2, -0.15) is 0 Å². The zero-order chi connectivity index (χ0) is 20.8. The highest BCUT2D eigenvalue weighted by Crippen LogP contribution is 2.19. The Hall–Kier alpha value is -2.71. The molecule has 1 aromatic heterocycles. The molecular formula is C21H26N4O3S. The molecule has 2 heterocycles. The minimum Gasteiger partial charge on any atom is -0.342 e. The highest BCUT2D eigenvalue weighted by Gasteiger charge is 2.23. The number of anilines is 1. The number of aryl methyl sites for hydroxylation is 2. The SMILES string of the molecule is Cc1cccc(C)c1NC(=O)CN1CCN(C(=O)CNC(=O)c2cccs2)CC1. The van der Waals surface area contributed by atoms with Crippen molar-refractivity contribution in [2.45, 2.75) is 13.8 Å². The van der Waals surface area contributed by atoms with E-state index in [0.29, 0.717) is 37.6 Å². The largest absolute Gasteiger partial charge is 0.342 e. The summed E-state index contributed by atoms with van der Waals surface area (Å²) in [4.78, 5) is 41.0. The minimum absolute atomic E-state index is 0.0101. The molecule has 0 atom stereocenters. The number of para-hydroxylation sites is 1. The van der Waals surface area contributed by atoms with E-state index in [9.17, 15) is 14.4 Å². The number of amides is 3. The average molecular weight is 415 g/mol. The first kappa shape index (κ1) is 21.0. The Morgan fingerprint density at radius 3 is 2.31 bits per heavy atom. The van der Waals surface area contributed by atoms with Crippen LogP contribution in [0.4, 0.5) is 5.69 Å². The lowest BCUT2D eigenvalue weighted by atomic mass is 10.1. The third kappa shape index (κ3) is 5.65. The number of carbonyl (C=O) groups is 3. The first-order valence-corrected chi connectivity index (χ1v) is 10.5. The number of piperazine rings is 1. The smallest absolute Gasteiger partial charge is 0.261 e. The molecule has 2 N–H and O–H groups in total. The van der Waals surface area contributed by atoms with Gasteiger partial charge in [-0.05, 0) is 36.4 Å². The molecule has 1 aromatic carbocycles. The number of hydrogen-bond donors (Lipinski definition) is 2. The molecule has 1 aliphatic heterocycles. The van der Waals surface area contributed by atoms with Crippen LogP contribution >= 0.6 is 11.3 Å². The van der Waals surface area contributed by atoms with Crippen LogP contribution in [0.15, 0.2) is 35.7 Å². The van der Waals surface area contributed by atoms with E-state index in [-0.39, 0.29) is 24.3 Å². The van der Waals surface area contributed by atoms with Gasteiger partial charge in [-0.25, -0.2) is 0 Å². The third-order valence-corrected chi connectivity index (χ3v) is 5.85. The maximum atomic E-state index is 12.4. The summed E-state index contributed by atoms with van der Waals surface area (Å²) >= 11 is 1.34. The Balaban J connectivity index is 1.41. The summed E-state index contributed by atoms with van der Waals surface area (Å²) in [5, 5.41) is 7.49. The second-order valence-electron chi connectivity index (χ2n) is 7.13. The Morgan fingerprint density at radius 1 is 1.00 bits per heavy atom. The summed E-state index contributed by atoms with van der Waals surface area (Å²) in [7, 11) is 0. The Morgan fingerprint density at radius 2 is 1.69 bits per heavy atom. The van der Waals surface area contributed by atoms with E-state index in [1.165, 1.54) is 11.3 Å². The summed E-state index contributed by atoms with van der Waals surface area (Å²) in [6.45, 7) is 6.59. The lowest BCUT2D eigenvalue weighted by Gasteiger charge is -2.34. The minimum atomic E-state index is -0.227. The number of benzene rings is 1. The van der Waals surface area contributed by atoms with Crippen LogP contribution < -0.4 is 10.6 Å². The summed E-state index contributed by atoms with van der Waals surface area (Å²) in [5.41, 5.74) is 2.95. The predicted molar refractivity (Wildman–Crippen MR) is 114 cm³/mol. The molecular weight excluding hydrogens is 388 g/mol. The van der Waals surface area contributed by atoms with Crippen molar-refractivity contribution in [2.75, 3.05) is 44.6 Å². The zero-order valence-corrected chi connectivity index (χ0v) is 17.6. The lowest BCUT2D eigenvalue weighted by molar-refractivity contribution is -0.132. The number of nitrogens with one attached hydrogen (secondary N) is 2. The average Bonchev–Trinajstić information content (AvgIpc) is 3.24. The van der Waals surface area contributed by atoms with Gasteiger partial charge in [0.05, 0.1) is 18.0 Å². The van der Waals surface area contributed by atoms with Gasteiger partial charge in [-0.1, -0.05) is 24.3 Å². The molecule has 0 aliphatic carbocycles. The normalized spacial score (nSPS) is 14.5. The molecule has 3 rings (SSSR count). The van der Waals surface area contributed by atoms with Gasteiger partial charge in [-0.15, -0.1) is 11.3 Å². The number of carbonyl (C=O) groups excluding carboxylic acids is 3. The highest BCUT2D eigenvalue weighted by molar-refractivity contribution is 7.12. The quantitative estimate of drug-likeness (QED) is 0.756. The third-order valence-electron chi connectivity index (χ3n) is 4.98. The molecule has 154 valence electrons. The van der Waals surface area contributed by atoms with Gasteiger partial charge in [0.15, 0.2) is 0 Å².